The van der Waals surface area contributed by atoms with Crippen LogP contribution in [0.15, 0.2) is 29.3 Å². The summed E-state index contributed by atoms with van der Waals surface area (Å²) >= 11 is 0. The lowest BCUT2D eigenvalue weighted by atomic mass is 10.2. The fourth-order valence-corrected chi connectivity index (χ4v) is 4.21. The number of rotatable bonds is 3. The molecule has 1 aliphatic heterocycles. The van der Waals surface area contributed by atoms with E-state index in [-0.39, 0.29) is 34.2 Å². The standard InChI is InChI=1S/C18H15FN4O5S/c1-3-14(24)13-9-28-17-15(29(26,27)22-13)8-23(2)16(17)18(25)21-11-4-5-12(19)10(6-11)7-20/h1,4-6,8,13-14,22,24H,9H2,2H3,(H,21,25). The Hall–Kier alpha value is -3.38. The molecule has 0 saturated carbocycles. The monoisotopic (exact) mass is 418 g/mol. The number of aliphatic hydroxyl groups is 1. The van der Waals surface area contributed by atoms with Crippen LogP contribution in [0.3, 0.4) is 0 Å². The Balaban J connectivity index is 1.97. The Morgan fingerprint density at radius 2 is 2.28 bits per heavy atom. The van der Waals surface area contributed by atoms with E-state index in [2.05, 4.69) is 10.0 Å². The molecule has 150 valence electrons. The molecule has 0 fully saturated rings. The van der Waals surface area contributed by atoms with Gasteiger partial charge in [-0.05, 0) is 18.2 Å². The maximum atomic E-state index is 13.5. The average molecular weight is 418 g/mol. The molecule has 0 bridgehead atoms. The minimum absolute atomic E-state index is 0.121. The number of carbonyl (C=O) groups excluding carboxylic acids is 1. The zero-order valence-corrected chi connectivity index (χ0v) is 15.8. The van der Waals surface area contributed by atoms with Crippen LogP contribution in [-0.4, -0.2) is 42.8 Å². The second-order valence-corrected chi connectivity index (χ2v) is 7.88. The first kappa shape index (κ1) is 20.4. The second-order valence-electron chi connectivity index (χ2n) is 6.19. The van der Waals surface area contributed by atoms with Crippen LogP contribution >= 0.6 is 0 Å². The molecule has 9 nitrogen and oxygen atoms in total. The smallest absolute Gasteiger partial charge is 0.276 e. The van der Waals surface area contributed by atoms with Crippen molar-refractivity contribution in [2.45, 2.75) is 17.0 Å². The van der Waals surface area contributed by atoms with Crippen LogP contribution in [0.4, 0.5) is 10.1 Å². The molecule has 2 heterocycles. The molecule has 1 amide bonds. The predicted molar refractivity (Wildman–Crippen MR) is 98.9 cm³/mol. The lowest BCUT2D eigenvalue weighted by Crippen LogP contribution is -2.44. The Bertz CT molecular complexity index is 1180. The normalized spacial score (nSPS) is 18.3. The van der Waals surface area contributed by atoms with Gasteiger partial charge in [-0.15, -0.1) is 6.42 Å². The number of aliphatic hydroxyl groups excluding tert-OH is 1. The van der Waals surface area contributed by atoms with Gasteiger partial charge < -0.3 is 19.7 Å². The van der Waals surface area contributed by atoms with Crippen LogP contribution in [0.25, 0.3) is 0 Å². The Kier molecular flexibility index (Phi) is 5.31. The summed E-state index contributed by atoms with van der Waals surface area (Å²) in [5.74, 6) is 0.328. The van der Waals surface area contributed by atoms with Gasteiger partial charge in [0, 0.05) is 18.9 Å². The van der Waals surface area contributed by atoms with E-state index < -0.39 is 33.9 Å². The molecule has 1 aromatic heterocycles. The van der Waals surface area contributed by atoms with E-state index in [1.807, 2.05) is 5.92 Å². The van der Waals surface area contributed by atoms with E-state index in [1.165, 1.54) is 23.9 Å². The molecule has 29 heavy (non-hydrogen) atoms. The highest BCUT2D eigenvalue weighted by Crippen LogP contribution is 2.33. The third-order valence-electron chi connectivity index (χ3n) is 4.22. The summed E-state index contributed by atoms with van der Waals surface area (Å²) in [4.78, 5) is 12.5. The van der Waals surface area contributed by atoms with Crippen molar-refractivity contribution in [3.05, 3.63) is 41.5 Å². The number of nitrogens with one attached hydrogen (secondary N) is 2. The largest absolute Gasteiger partial charge is 0.488 e. The summed E-state index contributed by atoms with van der Waals surface area (Å²) in [6.45, 7) is -0.309. The Labute approximate surface area is 165 Å². The van der Waals surface area contributed by atoms with Crippen LogP contribution in [0.1, 0.15) is 16.1 Å². The average Bonchev–Trinajstić information content (AvgIpc) is 2.96. The topological polar surface area (TPSA) is 133 Å². The van der Waals surface area contributed by atoms with Crippen LogP contribution in [-0.2, 0) is 17.1 Å². The van der Waals surface area contributed by atoms with Crippen molar-refractivity contribution >= 4 is 21.6 Å². The van der Waals surface area contributed by atoms with Crippen molar-refractivity contribution in [3.63, 3.8) is 0 Å². The first-order chi connectivity index (χ1) is 13.7. The van der Waals surface area contributed by atoms with Crippen molar-refractivity contribution in [3.8, 4) is 24.2 Å². The van der Waals surface area contributed by atoms with Crippen LogP contribution in [0, 0.1) is 29.5 Å². The van der Waals surface area contributed by atoms with E-state index >= 15 is 0 Å². The van der Waals surface area contributed by atoms with Gasteiger partial charge in [-0.25, -0.2) is 17.5 Å². The number of terminal acetylenes is 1. The van der Waals surface area contributed by atoms with Gasteiger partial charge in [0.25, 0.3) is 5.91 Å². The summed E-state index contributed by atoms with van der Waals surface area (Å²) < 4.78 is 47.7. The zero-order chi connectivity index (χ0) is 21.3. The van der Waals surface area contributed by atoms with Crippen LogP contribution < -0.4 is 14.8 Å². The molecule has 3 rings (SSSR count). The quantitative estimate of drug-likeness (QED) is 0.615. The highest BCUT2D eigenvalue weighted by atomic mass is 32.2. The van der Waals surface area contributed by atoms with Gasteiger partial charge in [-0.3, -0.25) is 4.79 Å². The number of ether oxygens (including phenoxy) is 1. The van der Waals surface area contributed by atoms with Gasteiger partial charge in [0.1, 0.15) is 29.5 Å². The minimum Gasteiger partial charge on any atom is -0.488 e. The maximum absolute atomic E-state index is 13.5. The molecule has 3 N–H and O–H groups in total. The summed E-state index contributed by atoms with van der Waals surface area (Å²) in [6.07, 6.45) is 4.89. The number of hydrogen-bond donors (Lipinski definition) is 3. The van der Waals surface area contributed by atoms with Gasteiger partial charge in [0.15, 0.2) is 11.4 Å². The molecule has 0 aliphatic carbocycles. The number of fused-ring (bicyclic) bond motifs is 1. The van der Waals surface area contributed by atoms with Crippen molar-refractivity contribution < 1.29 is 27.4 Å². The molecule has 1 aromatic carbocycles. The van der Waals surface area contributed by atoms with E-state index in [9.17, 15) is 22.7 Å². The fourth-order valence-electron chi connectivity index (χ4n) is 2.79. The number of hydrogen-bond acceptors (Lipinski definition) is 6. The number of aromatic nitrogens is 1. The van der Waals surface area contributed by atoms with E-state index in [0.29, 0.717) is 0 Å². The van der Waals surface area contributed by atoms with Gasteiger partial charge in [0.05, 0.1) is 11.6 Å². The molecule has 1 aliphatic rings. The van der Waals surface area contributed by atoms with Crippen molar-refractivity contribution in [2.75, 3.05) is 11.9 Å². The molecule has 0 saturated heterocycles. The summed E-state index contributed by atoms with van der Waals surface area (Å²) in [7, 11) is -2.69. The number of benzene rings is 1. The molecule has 2 unspecified atom stereocenters. The highest BCUT2D eigenvalue weighted by Gasteiger charge is 2.36. The third kappa shape index (κ3) is 3.79. The maximum Gasteiger partial charge on any atom is 0.276 e. The predicted octanol–water partition coefficient (Wildman–Crippen LogP) is 0.322. The molecular weight excluding hydrogens is 403 g/mol. The number of halogens is 1. The van der Waals surface area contributed by atoms with Crippen LogP contribution in [0.2, 0.25) is 0 Å². The van der Waals surface area contributed by atoms with Crippen molar-refractivity contribution in [2.24, 2.45) is 7.05 Å². The molecule has 2 aromatic rings. The molecule has 2 atom stereocenters. The Morgan fingerprint density at radius 1 is 1.55 bits per heavy atom. The number of amides is 1. The highest BCUT2D eigenvalue weighted by molar-refractivity contribution is 7.89. The SMILES string of the molecule is C#CC(O)C1COc2c(cn(C)c2C(=O)Nc2ccc(F)c(C#N)c2)S(=O)(=O)N1. The summed E-state index contributed by atoms with van der Waals surface area (Å²) in [6, 6.07) is 3.99. The number of nitriles is 1. The Morgan fingerprint density at radius 3 is 2.93 bits per heavy atom. The number of aryl methyl sites for hydroxylation is 1. The summed E-state index contributed by atoms with van der Waals surface area (Å²) in [5.41, 5.74) is -0.246. The van der Waals surface area contributed by atoms with Gasteiger partial charge in [0.2, 0.25) is 10.0 Å². The first-order valence-corrected chi connectivity index (χ1v) is 9.66. The lowest BCUT2D eigenvalue weighted by molar-refractivity contribution is 0.101. The fraction of sp³-hybridized carbons (Fsp3) is 0.222. The van der Waals surface area contributed by atoms with Crippen LogP contribution in [0.5, 0.6) is 5.75 Å². The molecule has 0 radical (unpaired) electrons. The summed E-state index contributed by atoms with van der Waals surface area (Å²) in [5, 5.41) is 21.2. The molecular formula is C18H15FN4O5S. The lowest BCUT2D eigenvalue weighted by Gasteiger charge is -2.17. The number of sulfonamides is 1. The van der Waals surface area contributed by atoms with E-state index in [1.54, 1.807) is 6.07 Å². The molecule has 11 heteroatoms. The van der Waals surface area contributed by atoms with Gasteiger partial charge >= 0.3 is 0 Å². The van der Waals surface area contributed by atoms with Gasteiger partial charge in [-0.1, -0.05) is 5.92 Å². The minimum atomic E-state index is -4.13. The molecule has 0 spiro atoms. The number of anilines is 1. The van der Waals surface area contributed by atoms with Crippen molar-refractivity contribution in [1.29, 1.82) is 5.26 Å². The van der Waals surface area contributed by atoms with E-state index in [0.717, 1.165) is 12.1 Å². The first-order valence-electron chi connectivity index (χ1n) is 8.17. The van der Waals surface area contributed by atoms with Gasteiger partial charge in [-0.2, -0.15) is 5.26 Å². The number of carbonyl (C=O) groups is 1. The second kappa shape index (κ2) is 7.56. The third-order valence-corrected chi connectivity index (χ3v) is 5.70. The van der Waals surface area contributed by atoms with Crippen molar-refractivity contribution in [1.82, 2.24) is 9.29 Å². The zero-order valence-electron chi connectivity index (χ0n) is 15.0. The van der Waals surface area contributed by atoms with E-state index in [4.69, 9.17) is 16.4 Å². The number of nitrogens with zero attached hydrogens (tertiary/aromatic N) is 2.